The predicted octanol–water partition coefficient (Wildman–Crippen LogP) is 12.9. The van der Waals surface area contributed by atoms with Crippen LogP contribution in [0.1, 0.15) is 76.0 Å². The molecule has 0 aliphatic rings. The predicted molar refractivity (Wildman–Crippen MR) is 220 cm³/mol. The van der Waals surface area contributed by atoms with Crippen LogP contribution in [0.5, 0.6) is 46.3 Å². The highest BCUT2D eigenvalue weighted by molar-refractivity contribution is 6.09. The third-order valence-electron chi connectivity index (χ3n) is 9.61. The van der Waals surface area contributed by atoms with Crippen molar-refractivity contribution >= 4 is 21.8 Å². The van der Waals surface area contributed by atoms with Crippen LogP contribution in [0.3, 0.4) is 0 Å². The van der Waals surface area contributed by atoms with E-state index < -0.39 is 0 Å². The Balaban J connectivity index is 1.12. The van der Waals surface area contributed by atoms with Gasteiger partial charge in [0.05, 0.1) is 11.0 Å². The lowest BCUT2D eigenvalue weighted by atomic mass is 10.1. The summed E-state index contributed by atoms with van der Waals surface area (Å²) in [6.07, 6.45) is 7.32. The molecule has 0 spiro atoms. The lowest BCUT2D eigenvalue weighted by molar-refractivity contribution is 0.448. The molecule has 0 fully saturated rings. The fourth-order valence-corrected chi connectivity index (χ4v) is 6.46. The molecule has 8 aromatic rings. The van der Waals surface area contributed by atoms with Crippen LogP contribution in [0.15, 0.2) is 134 Å². The van der Waals surface area contributed by atoms with E-state index in [2.05, 4.69) is 63.6 Å². The van der Waals surface area contributed by atoms with Crippen LogP contribution in [0.25, 0.3) is 27.8 Å². The summed E-state index contributed by atoms with van der Waals surface area (Å²) in [5.74, 6) is 6.48. The molecule has 9 nitrogen and oxygen atoms in total. The second kappa shape index (κ2) is 15.5. The van der Waals surface area contributed by atoms with Crippen molar-refractivity contribution in [1.82, 2.24) is 24.5 Å². The molecule has 0 bridgehead atoms. The van der Waals surface area contributed by atoms with Crippen LogP contribution < -0.4 is 18.9 Å². The van der Waals surface area contributed by atoms with Gasteiger partial charge >= 0.3 is 0 Å². The topological polar surface area (TPSA) is 93.4 Å². The third kappa shape index (κ3) is 7.88. The SMILES string of the molecule is CC(C)c1cnc(-n2c3cc(Oc4cccc(Oc5cc(C(C)C)ccn5)c4)ccc3c3ccc(Oc4cccc(Oc5cc(C(C)C)ccn5)c4)cc32)nc1. The maximum Gasteiger partial charge on any atom is 0.234 e. The molecule has 0 aliphatic heterocycles. The van der Waals surface area contributed by atoms with Crippen LogP contribution in [0.4, 0.5) is 0 Å². The van der Waals surface area contributed by atoms with E-state index in [0.717, 1.165) is 38.5 Å². The zero-order chi connectivity index (χ0) is 38.8. The van der Waals surface area contributed by atoms with Crippen molar-refractivity contribution < 1.29 is 18.9 Å². The van der Waals surface area contributed by atoms with Crippen molar-refractivity contribution in [2.24, 2.45) is 0 Å². The Hall–Kier alpha value is -6.74. The largest absolute Gasteiger partial charge is 0.457 e. The molecular formula is C47H43N5O4. The zero-order valence-electron chi connectivity index (χ0n) is 32.3. The number of benzene rings is 4. The van der Waals surface area contributed by atoms with Crippen LogP contribution in [-0.2, 0) is 0 Å². The molecule has 0 saturated carbocycles. The third-order valence-corrected chi connectivity index (χ3v) is 9.61. The first kappa shape index (κ1) is 36.2. The van der Waals surface area contributed by atoms with Crippen LogP contribution in [0, 0.1) is 0 Å². The Morgan fingerprint density at radius 1 is 0.411 bits per heavy atom. The summed E-state index contributed by atoms with van der Waals surface area (Å²) < 4.78 is 27.2. The molecule has 0 unspecified atom stereocenters. The fraction of sp³-hybridized carbons (Fsp3) is 0.191. The normalized spacial score (nSPS) is 11.5. The number of rotatable bonds is 12. The molecule has 4 aromatic heterocycles. The summed E-state index contributed by atoms with van der Waals surface area (Å²) in [7, 11) is 0. The van der Waals surface area contributed by atoms with Gasteiger partial charge < -0.3 is 18.9 Å². The number of nitrogens with zero attached hydrogens (tertiary/aromatic N) is 5. The van der Waals surface area contributed by atoms with Gasteiger partial charge in [-0.2, -0.15) is 0 Å². The van der Waals surface area contributed by atoms with E-state index in [1.165, 1.54) is 0 Å². The van der Waals surface area contributed by atoms with E-state index in [-0.39, 0.29) is 0 Å². The molecule has 0 atom stereocenters. The highest BCUT2D eigenvalue weighted by Crippen LogP contribution is 2.38. The first-order valence-corrected chi connectivity index (χ1v) is 18.9. The summed E-state index contributed by atoms with van der Waals surface area (Å²) in [5, 5.41) is 2.05. The summed E-state index contributed by atoms with van der Waals surface area (Å²) in [6, 6.07) is 35.2. The monoisotopic (exact) mass is 741 g/mol. The number of hydrogen-bond donors (Lipinski definition) is 0. The smallest absolute Gasteiger partial charge is 0.234 e. The summed E-state index contributed by atoms with van der Waals surface area (Å²) in [6.45, 7) is 12.8. The van der Waals surface area contributed by atoms with E-state index in [1.807, 2.05) is 114 Å². The quantitative estimate of drug-likeness (QED) is 0.122. The Labute approximate surface area is 326 Å². The van der Waals surface area contributed by atoms with Crippen molar-refractivity contribution in [2.45, 2.75) is 59.3 Å². The molecule has 0 N–H and O–H groups in total. The van der Waals surface area contributed by atoms with Gasteiger partial charge in [0.15, 0.2) is 0 Å². The van der Waals surface area contributed by atoms with Gasteiger partial charge in [-0.1, -0.05) is 53.7 Å². The summed E-state index contributed by atoms with van der Waals surface area (Å²) in [5.41, 5.74) is 5.16. The number of aromatic nitrogens is 5. The molecule has 0 aliphatic carbocycles. The first-order valence-electron chi connectivity index (χ1n) is 18.9. The Morgan fingerprint density at radius 2 is 0.821 bits per heavy atom. The fourth-order valence-electron chi connectivity index (χ4n) is 6.46. The second-order valence-corrected chi connectivity index (χ2v) is 14.7. The van der Waals surface area contributed by atoms with Crippen molar-refractivity contribution in [3.8, 4) is 52.2 Å². The van der Waals surface area contributed by atoms with Crippen molar-refractivity contribution in [2.75, 3.05) is 0 Å². The minimum Gasteiger partial charge on any atom is -0.457 e. The molecule has 0 amide bonds. The molecular weight excluding hydrogens is 699 g/mol. The van der Waals surface area contributed by atoms with Gasteiger partial charge in [-0.15, -0.1) is 0 Å². The lowest BCUT2D eigenvalue weighted by Gasteiger charge is -2.12. The van der Waals surface area contributed by atoms with E-state index >= 15 is 0 Å². The van der Waals surface area contributed by atoms with Gasteiger partial charge in [-0.05, 0) is 95.1 Å². The Morgan fingerprint density at radius 3 is 1.25 bits per heavy atom. The lowest BCUT2D eigenvalue weighted by Crippen LogP contribution is -2.02. The Bertz CT molecular complexity index is 2490. The van der Waals surface area contributed by atoms with Crippen LogP contribution in [-0.4, -0.2) is 24.5 Å². The average molecular weight is 742 g/mol. The standard InChI is InChI=1S/C47H43N5O4/c1-29(2)32-17-19-48-45(21-32)55-37-11-7-9-35(23-37)53-39-13-15-41-42-16-14-40(26-44(42)52(43(41)25-39)47-50-27-34(28-51-47)31(5)6)54-36-10-8-12-38(24-36)56-46-22-33(30(3)4)18-20-49-46/h7-31H,1-6H3. The molecule has 0 radical (unpaired) electrons. The van der Waals surface area contributed by atoms with Gasteiger partial charge in [-0.25, -0.2) is 19.9 Å². The number of fused-ring (bicyclic) bond motifs is 3. The van der Waals surface area contributed by atoms with E-state index in [9.17, 15) is 0 Å². The average Bonchev–Trinajstić information content (AvgIpc) is 3.51. The highest BCUT2D eigenvalue weighted by Gasteiger charge is 2.18. The number of ether oxygens (including phenoxy) is 4. The molecule has 8 rings (SSSR count). The number of hydrogen-bond acceptors (Lipinski definition) is 8. The molecule has 9 heteroatoms. The van der Waals surface area contributed by atoms with E-state index in [4.69, 9.17) is 28.9 Å². The molecule has 4 aromatic carbocycles. The molecule has 0 saturated heterocycles. The number of pyridine rings is 2. The van der Waals surface area contributed by atoms with Gasteiger partial charge in [0.2, 0.25) is 17.7 Å². The van der Waals surface area contributed by atoms with Crippen molar-refractivity contribution in [3.05, 3.63) is 151 Å². The first-order chi connectivity index (χ1) is 27.2. The molecule has 56 heavy (non-hydrogen) atoms. The van der Waals surface area contributed by atoms with Gasteiger partial charge in [-0.3, -0.25) is 4.57 Å². The van der Waals surface area contributed by atoms with Crippen LogP contribution in [0.2, 0.25) is 0 Å². The zero-order valence-corrected chi connectivity index (χ0v) is 32.3. The molecule has 4 heterocycles. The second-order valence-electron chi connectivity index (χ2n) is 14.7. The Kier molecular flexibility index (Phi) is 10.1. The summed E-state index contributed by atoms with van der Waals surface area (Å²) in [4.78, 5) is 18.5. The minimum atomic E-state index is 0.298. The maximum absolute atomic E-state index is 6.44. The van der Waals surface area contributed by atoms with E-state index in [1.54, 1.807) is 12.4 Å². The van der Waals surface area contributed by atoms with Gasteiger partial charge in [0.25, 0.3) is 0 Å². The summed E-state index contributed by atoms with van der Waals surface area (Å²) >= 11 is 0. The minimum absolute atomic E-state index is 0.298. The van der Waals surface area contributed by atoms with Crippen LogP contribution >= 0.6 is 0 Å². The van der Waals surface area contributed by atoms with E-state index in [0.29, 0.717) is 70.0 Å². The van der Waals surface area contributed by atoms with Crippen molar-refractivity contribution in [3.63, 3.8) is 0 Å². The highest BCUT2D eigenvalue weighted by atomic mass is 16.5. The van der Waals surface area contributed by atoms with Crippen molar-refractivity contribution in [1.29, 1.82) is 0 Å². The molecule has 280 valence electrons. The van der Waals surface area contributed by atoms with Gasteiger partial charge in [0, 0.05) is 72.0 Å². The maximum atomic E-state index is 6.44. The van der Waals surface area contributed by atoms with Gasteiger partial charge in [0.1, 0.15) is 34.5 Å².